The van der Waals surface area contributed by atoms with Gasteiger partial charge in [0.05, 0.1) is 13.2 Å². The van der Waals surface area contributed by atoms with Crippen LogP contribution in [0.15, 0.2) is 42.4 Å². The van der Waals surface area contributed by atoms with Gasteiger partial charge in [-0.3, -0.25) is 0 Å². The highest BCUT2D eigenvalue weighted by atomic mass is 19.4. The van der Waals surface area contributed by atoms with Crippen LogP contribution in [0, 0.1) is 0 Å². The molecule has 1 rings (SSSR count). The van der Waals surface area contributed by atoms with Crippen LogP contribution in [0.25, 0.3) is 0 Å². The Bertz CT molecular complexity index is 308. The van der Waals surface area contributed by atoms with Crippen LogP contribution >= 0.6 is 0 Å². The lowest BCUT2D eigenvalue weighted by Crippen LogP contribution is -2.10. The second-order valence-corrected chi connectivity index (χ2v) is 3.05. The van der Waals surface area contributed by atoms with E-state index in [1.807, 2.05) is 30.3 Å². The van der Waals surface area contributed by atoms with Crippen molar-refractivity contribution in [3.63, 3.8) is 0 Å². The Morgan fingerprint density at radius 3 is 2.40 bits per heavy atom. The maximum Gasteiger partial charge on any atom is 0.502 e. The Morgan fingerprint density at radius 2 is 1.80 bits per heavy atom. The van der Waals surface area contributed by atoms with Gasteiger partial charge in [-0.1, -0.05) is 36.4 Å². The molecule has 15 heavy (non-hydrogen) atoms. The summed E-state index contributed by atoms with van der Waals surface area (Å²) in [5, 5.41) is 0. The Labute approximate surface area is 86.6 Å². The van der Waals surface area contributed by atoms with E-state index >= 15 is 0 Å². The van der Waals surface area contributed by atoms with E-state index < -0.39 is 6.98 Å². The largest absolute Gasteiger partial charge is 0.502 e. The van der Waals surface area contributed by atoms with E-state index in [1.165, 1.54) is 0 Å². The van der Waals surface area contributed by atoms with Crippen LogP contribution in [0.1, 0.15) is 5.56 Å². The summed E-state index contributed by atoms with van der Waals surface area (Å²) in [6, 6.07) is 9.30. The molecule has 0 heterocycles. The molecule has 0 N–H and O–H groups in total. The quantitative estimate of drug-likeness (QED) is 0.541. The SMILES string of the molecule is F[B-](F)(F)/C=C/COCc1ccccc1. The second-order valence-electron chi connectivity index (χ2n) is 3.05. The summed E-state index contributed by atoms with van der Waals surface area (Å²) in [5.41, 5.74) is 0.948. The molecule has 1 aromatic carbocycles. The summed E-state index contributed by atoms with van der Waals surface area (Å²) in [5.74, 6) is 0.241. The first kappa shape index (κ1) is 11.8. The van der Waals surface area contributed by atoms with Crippen molar-refractivity contribution in [2.45, 2.75) is 6.61 Å². The maximum atomic E-state index is 11.7. The van der Waals surface area contributed by atoms with Crippen LogP contribution in [-0.2, 0) is 11.3 Å². The van der Waals surface area contributed by atoms with E-state index in [9.17, 15) is 12.9 Å². The Kier molecular flexibility index (Phi) is 4.43. The first-order valence-corrected chi connectivity index (χ1v) is 4.57. The van der Waals surface area contributed by atoms with Crippen molar-refractivity contribution in [1.82, 2.24) is 0 Å². The second kappa shape index (κ2) is 5.61. The molecule has 0 fully saturated rings. The average molecular weight is 215 g/mol. The van der Waals surface area contributed by atoms with Gasteiger partial charge < -0.3 is 17.7 Å². The summed E-state index contributed by atoms with van der Waals surface area (Å²) in [6.45, 7) is -4.52. The molecule has 0 radical (unpaired) electrons. The number of halogens is 3. The Morgan fingerprint density at radius 1 is 1.13 bits per heavy atom. The van der Waals surface area contributed by atoms with Gasteiger partial charge in [-0.15, -0.1) is 5.98 Å². The molecule has 0 unspecified atom stereocenters. The van der Waals surface area contributed by atoms with Gasteiger partial charge in [0.25, 0.3) is 0 Å². The highest BCUT2D eigenvalue weighted by Crippen LogP contribution is 2.09. The molecular formula is C10H11BF3O-. The van der Waals surface area contributed by atoms with E-state index in [2.05, 4.69) is 0 Å². The number of benzene rings is 1. The fourth-order valence-electron chi connectivity index (χ4n) is 1.03. The van der Waals surface area contributed by atoms with Crippen molar-refractivity contribution in [3.8, 4) is 0 Å². The fourth-order valence-corrected chi connectivity index (χ4v) is 1.03. The lowest BCUT2D eigenvalue weighted by atomic mass is 9.92. The van der Waals surface area contributed by atoms with Crippen LogP contribution in [0.4, 0.5) is 12.9 Å². The minimum atomic E-state index is -4.84. The number of hydrogen-bond donors (Lipinski definition) is 0. The minimum absolute atomic E-state index is 0.0177. The van der Waals surface area contributed by atoms with Crippen molar-refractivity contribution in [2.24, 2.45) is 0 Å². The zero-order valence-electron chi connectivity index (χ0n) is 8.08. The molecule has 0 spiro atoms. The van der Waals surface area contributed by atoms with E-state index in [4.69, 9.17) is 4.74 Å². The Balaban J connectivity index is 2.21. The zero-order chi connectivity index (χ0) is 11.1. The fraction of sp³-hybridized carbons (Fsp3) is 0.200. The normalized spacial score (nSPS) is 12.2. The molecule has 1 nitrogen and oxygen atoms in total. The molecule has 0 aliphatic heterocycles. The van der Waals surface area contributed by atoms with Crippen LogP contribution in [0.3, 0.4) is 0 Å². The molecule has 0 atom stereocenters. The molecule has 0 amide bonds. The number of hydrogen-bond acceptors (Lipinski definition) is 1. The van der Waals surface area contributed by atoms with Crippen LogP contribution < -0.4 is 0 Å². The molecule has 1 aromatic rings. The first-order valence-electron chi connectivity index (χ1n) is 4.57. The van der Waals surface area contributed by atoms with Gasteiger partial charge in [-0.25, -0.2) is 0 Å². The van der Waals surface area contributed by atoms with Gasteiger partial charge in [0.2, 0.25) is 0 Å². The minimum Gasteiger partial charge on any atom is -0.445 e. The van der Waals surface area contributed by atoms with Crippen LogP contribution in [0.2, 0.25) is 0 Å². The predicted molar refractivity (Wildman–Crippen MR) is 54.3 cm³/mol. The molecule has 0 aliphatic carbocycles. The molecule has 0 aromatic heterocycles. The van der Waals surface area contributed by atoms with Crippen molar-refractivity contribution in [1.29, 1.82) is 0 Å². The standard InChI is InChI=1S/C10H11BF3O/c12-11(13,14)7-4-8-15-9-10-5-2-1-3-6-10/h1-7H,8-9H2/q-1/b7-4+. The lowest BCUT2D eigenvalue weighted by molar-refractivity contribution is 0.148. The third-order valence-corrected chi connectivity index (χ3v) is 1.68. The smallest absolute Gasteiger partial charge is 0.445 e. The lowest BCUT2D eigenvalue weighted by Gasteiger charge is -2.06. The maximum absolute atomic E-state index is 11.7. The summed E-state index contributed by atoms with van der Waals surface area (Å²) in [7, 11) is 0. The first-order chi connectivity index (χ1) is 7.08. The van der Waals surface area contributed by atoms with Crippen molar-refractivity contribution >= 4 is 6.98 Å². The summed E-state index contributed by atoms with van der Waals surface area (Å²) >= 11 is 0. The summed E-state index contributed by atoms with van der Waals surface area (Å²) in [6.07, 6.45) is 0.989. The Hall–Kier alpha value is -1.23. The molecule has 0 aliphatic rings. The number of rotatable bonds is 5. The van der Waals surface area contributed by atoms with Gasteiger partial charge >= 0.3 is 6.98 Å². The average Bonchev–Trinajstić information content (AvgIpc) is 2.17. The van der Waals surface area contributed by atoms with Crippen molar-refractivity contribution < 1.29 is 17.7 Å². The highest BCUT2D eigenvalue weighted by molar-refractivity contribution is 6.64. The molecule has 5 heteroatoms. The van der Waals surface area contributed by atoms with E-state index in [0.717, 1.165) is 11.6 Å². The summed E-state index contributed by atoms with van der Waals surface area (Å²) in [4.78, 5) is 0. The molecule has 0 saturated heterocycles. The van der Waals surface area contributed by atoms with Gasteiger partial charge in [0.15, 0.2) is 0 Å². The topological polar surface area (TPSA) is 9.23 Å². The van der Waals surface area contributed by atoms with Gasteiger partial charge in [0, 0.05) is 0 Å². The number of ether oxygens (including phenoxy) is 1. The zero-order valence-corrected chi connectivity index (χ0v) is 8.08. The molecule has 82 valence electrons. The van der Waals surface area contributed by atoms with Crippen LogP contribution in [0.5, 0.6) is 0 Å². The van der Waals surface area contributed by atoms with Crippen LogP contribution in [-0.4, -0.2) is 13.6 Å². The van der Waals surface area contributed by atoms with Crippen molar-refractivity contribution in [3.05, 3.63) is 47.9 Å². The third kappa shape index (κ3) is 5.96. The highest BCUT2D eigenvalue weighted by Gasteiger charge is 2.16. The van der Waals surface area contributed by atoms with Gasteiger partial charge in [0.1, 0.15) is 0 Å². The van der Waals surface area contributed by atoms with E-state index in [-0.39, 0.29) is 12.6 Å². The van der Waals surface area contributed by atoms with Gasteiger partial charge in [-0.05, 0) is 5.56 Å². The van der Waals surface area contributed by atoms with Crippen molar-refractivity contribution in [2.75, 3.05) is 6.61 Å². The predicted octanol–water partition coefficient (Wildman–Crippen LogP) is 3.15. The third-order valence-electron chi connectivity index (χ3n) is 1.68. The molecule has 0 bridgehead atoms. The molecular weight excluding hydrogens is 204 g/mol. The van der Waals surface area contributed by atoms with E-state index in [1.54, 1.807) is 0 Å². The monoisotopic (exact) mass is 215 g/mol. The van der Waals surface area contributed by atoms with Gasteiger partial charge in [-0.2, -0.15) is 0 Å². The van der Waals surface area contributed by atoms with E-state index in [0.29, 0.717) is 6.61 Å². The summed E-state index contributed by atoms with van der Waals surface area (Å²) < 4.78 is 40.2. The molecule has 0 saturated carbocycles.